The molecule has 1 aliphatic rings. The quantitative estimate of drug-likeness (QED) is 0.480. The maximum Gasteiger partial charge on any atom is 0.121 e. The summed E-state index contributed by atoms with van der Waals surface area (Å²) in [6.45, 7) is 6.87. The third-order valence-electron chi connectivity index (χ3n) is 3.21. The summed E-state index contributed by atoms with van der Waals surface area (Å²) >= 11 is 0. The van der Waals surface area contributed by atoms with Crippen molar-refractivity contribution in [2.24, 2.45) is 5.41 Å². The molecule has 0 heterocycles. The first-order valence-electron chi connectivity index (χ1n) is 6.20. The molecule has 90 valence electrons. The molecule has 1 heteroatoms. The van der Waals surface area contributed by atoms with E-state index in [1.165, 1.54) is 18.4 Å². The average molecular weight is 220 g/mol. The Bertz CT molecular complexity index is 301. The van der Waals surface area contributed by atoms with Crippen molar-refractivity contribution in [2.45, 2.75) is 59.0 Å². The van der Waals surface area contributed by atoms with Gasteiger partial charge in [0.25, 0.3) is 0 Å². The van der Waals surface area contributed by atoms with Crippen LogP contribution >= 0.6 is 0 Å². The van der Waals surface area contributed by atoms with E-state index in [2.05, 4.69) is 38.7 Å². The molecular weight excluding hydrogens is 196 g/mol. The fourth-order valence-electron chi connectivity index (χ4n) is 1.96. The molecule has 0 saturated heterocycles. The van der Waals surface area contributed by atoms with E-state index in [1.807, 2.05) is 0 Å². The minimum atomic E-state index is 0.0810. The molecule has 1 rings (SSSR count). The Balaban J connectivity index is 2.74. The number of hydrogen-bond donors (Lipinski definition) is 0. The van der Waals surface area contributed by atoms with Gasteiger partial charge < -0.3 is 4.74 Å². The van der Waals surface area contributed by atoms with E-state index in [0.717, 1.165) is 19.3 Å². The first-order chi connectivity index (χ1) is 7.53. The molecule has 0 saturated carbocycles. The Morgan fingerprint density at radius 2 is 2.19 bits per heavy atom. The van der Waals surface area contributed by atoms with Gasteiger partial charge >= 0.3 is 0 Å². The molecule has 0 aliphatic heterocycles. The van der Waals surface area contributed by atoms with E-state index in [4.69, 9.17) is 4.74 Å². The summed E-state index contributed by atoms with van der Waals surface area (Å²) < 4.78 is 5.37. The first kappa shape index (κ1) is 13.3. The molecule has 0 bridgehead atoms. The van der Waals surface area contributed by atoms with E-state index in [-0.39, 0.29) is 6.10 Å². The molecule has 0 aromatic heterocycles. The molecule has 1 nitrogen and oxygen atoms in total. The molecule has 16 heavy (non-hydrogen) atoms. The molecule has 1 unspecified atom stereocenters. The first-order valence-corrected chi connectivity index (χ1v) is 6.20. The van der Waals surface area contributed by atoms with Crippen molar-refractivity contribution in [1.29, 1.82) is 0 Å². The van der Waals surface area contributed by atoms with Crippen LogP contribution in [0.5, 0.6) is 0 Å². The normalized spacial score (nSPS) is 29.2. The van der Waals surface area contributed by atoms with Crippen molar-refractivity contribution in [2.75, 3.05) is 7.11 Å². The fourth-order valence-corrected chi connectivity index (χ4v) is 1.96. The minimum absolute atomic E-state index is 0.0810. The smallest absolute Gasteiger partial charge is 0.121 e. The van der Waals surface area contributed by atoms with E-state index < -0.39 is 0 Å². The Labute approximate surface area is 100 Å². The monoisotopic (exact) mass is 220 g/mol. The molecular formula is C15H24O. The Hall–Kier alpha value is -0.740. The second-order valence-corrected chi connectivity index (χ2v) is 5.52. The molecule has 1 atom stereocenters. The summed E-state index contributed by atoms with van der Waals surface area (Å²) in [5.74, 6) is 6.45. The lowest BCUT2D eigenvalue weighted by Crippen LogP contribution is -2.10. The van der Waals surface area contributed by atoms with Gasteiger partial charge in [-0.2, -0.15) is 0 Å². The predicted molar refractivity (Wildman–Crippen MR) is 69.2 cm³/mol. The van der Waals surface area contributed by atoms with Crippen molar-refractivity contribution in [1.82, 2.24) is 0 Å². The maximum absolute atomic E-state index is 5.37. The van der Waals surface area contributed by atoms with Crippen molar-refractivity contribution >= 4 is 0 Å². The van der Waals surface area contributed by atoms with Crippen LogP contribution < -0.4 is 0 Å². The van der Waals surface area contributed by atoms with Crippen molar-refractivity contribution in [3.8, 4) is 11.8 Å². The molecule has 0 N–H and O–H groups in total. The van der Waals surface area contributed by atoms with E-state index >= 15 is 0 Å². The van der Waals surface area contributed by atoms with E-state index in [1.54, 1.807) is 7.11 Å². The highest BCUT2D eigenvalue weighted by atomic mass is 16.5. The van der Waals surface area contributed by atoms with Crippen LogP contribution in [0.3, 0.4) is 0 Å². The highest BCUT2D eigenvalue weighted by Crippen LogP contribution is 2.29. The van der Waals surface area contributed by atoms with Gasteiger partial charge in [-0.1, -0.05) is 31.4 Å². The Morgan fingerprint density at radius 1 is 1.44 bits per heavy atom. The second kappa shape index (κ2) is 6.11. The zero-order valence-electron chi connectivity index (χ0n) is 11.1. The van der Waals surface area contributed by atoms with Crippen molar-refractivity contribution < 1.29 is 4.74 Å². The van der Waals surface area contributed by atoms with Gasteiger partial charge in [0.2, 0.25) is 0 Å². The van der Waals surface area contributed by atoms with Gasteiger partial charge in [-0.15, -0.1) is 5.92 Å². The highest BCUT2D eigenvalue weighted by molar-refractivity contribution is 5.12. The van der Waals surface area contributed by atoms with Gasteiger partial charge in [0.05, 0.1) is 0 Å². The van der Waals surface area contributed by atoms with Crippen LogP contribution in [-0.4, -0.2) is 13.2 Å². The summed E-state index contributed by atoms with van der Waals surface area (Å²) in [5.41, 5.74) is 1.81. The number of hydrogen-bond acceptors (Lipinski definition) is 1. The fraction of sp³-hybridized carbons (Fsp3) is 0.733. The topological polar surface area (TPSA) is 9.23 Å². The van der Waals surface area contributed by atoms with Gasteiger partial charge in [-0.05, 0) is 31.6 Å². The summed E-state index contributed by atoms with van der Waals surface area (Å²) in [6, 6.07) is 0. The van der Waals surface area contributed by atoms with Gasteiger partial charge in [-0.3, -0.25) is 0 Å². The standard InChI is InChI=1S/C15H24O/c1-13-9-11-15(2,3)10-7-5-6-8-14(12-13)16-4/h9,14H,5,7,10-12H2,1-4H3/b13-9-. The molecule has 0 radical (unpaired) electrons. The maximum atomic E-state index is 5.37. The van der Waals surface area contributed by atoms with E-state index in [9.17, 15) is 0 Å². The third-order valence-corrected chi connectivity index (χ3v) is 3.21. The molecule has 0 fully saturated rings. The second-order valence-electron chi connectivity index (χ2n) is 5.52. The Kier molecular flexibility index (Phi) is 5.09. The lowest BCUT2D eigenvalue weighted by molar-refractivity contribution is 0.148. The highest BCUT2D eigenvalue weighted by Gasteiger charge is 2.16. The SMILES string of the molecule is COC1C#CCCCC(C)(C)C/C=C(/C)C1. The zero-order valence-corrected chi connectivity index (χ0v) is 11.1. The molecule has 1 aliphatic carbocycles. The van der Waals surface area contributed by atoms with Gasteiger partial charge in [0, 0.05) is 20.0 Å². The van der Waals surface area contributed by atoms with Crippen LogP contribution in [-0.2, 0) is 4.74 Å². The predicted octanol–water partition coefficient (Wildman–Crippen LogP) is 3.94. The van der Waals surface area contributed by atoms with Gasteiger partial charge in [-0.25, -0.2) is 0 Å². The van der Waals surface area contributed by atoms with Crippen LogP contribution in [0.25, 0.3) is 0 Å². The van der Waals surface area contributed by atoms with Crippen LogP contribution in [0, 0.1) is 17.3 Å². The van der Waals surface area contributed by atoms with Crippen LogP contribution in [0.1, 0.15) is 52.9 Å². The number of allylic oxidation sites excluding steroid dienone is 1. The van der Waals surface area contributed by atoms with Crippen LogP contribution in [0.4, 0.5) is 0 Å². The summed E-state index contributed by atoms with van der Waals surface area (Å²) in [6.07, 6.45) is 8.00. The summed E-state index contributed by atoms with van der Waals surface area (Å²) in [4.78, 5) is 0. The zero-order chi connectivity index (χ0) is 12.0. The third kappa shape index (κ3) is 4.86. The van der Waals surface area contributed by atoms with Crippen molar-refractivity contribution in [3.63, 3.8) is 0 Å². The molecule has 0 aromatic carbocycles. The average Bonchev–Trinajstić information content (AvgIpc) is 2.26. The van der Waals surface area contributed by atoms with Crippen LogP contribution in [0.15, 0.2) is 11.6 Å². The van der Waals surface area contributed by atoms with Crippen LogP contribution in [0.2, 0.25) is 0 Å². The van der Waals surface area contributed by atoms with Gasteiger partial charge in [0.1, 0.15) is 6.10 Å². The molecule has 0 aromatic rings. The number of rotatable bonds is 1. The number of ether oxygens (including phenoxy) is 1. The molecule has 0 amide bonds. The van der Waals surface area contributed by atoms with Crippen molar-refractivity contribution in [3.05, 3.63) is 11.6 Å². The minimum Gasteiger partial charge on any atom is -0.368 e. The lowest BCUT2D eigenvalue weighted by atomic mass is 9.83. The van der Waals surface area contributed by atoms with E-state index in [0.29, 0.717) is 5.41 Å². The molecule has 0 spiro atoms. The largest absolute Gasteiger partial charge is 0.368 e. The lowest BCUT2D eigenvalue weighted by Gasteiger charge is -2.22. The number of methoxy groups -OCH3 is 1. The summed E-state index contributed by atoms with van der Waals surface area (Å²) in [5, 5.41) is 0. The summed E-state index contributed by atoms with van der Waals surface area (Å²) in [7, 11) is 1.75. The van der Waals surface area contributed by atoms with Gasteiger partial charge in [0.15, 0.2) is 0 Å². The Morgan fingerprint density at radius 3 is 2.88 bits per heavy atom.